The Morgan fingerprint density at radius 1 is 1.06 bits per heavy atom. The second kappa shape index (κ2) is 5.87. The summed E-state index contributed by atoms with van der Waals surface area (Å²) < 4.78 is 2.22. The minimum atomic E-state index is 1.09. The highest BCUT2D eigenvalue weighted by molar-refractivity contribution is 7.98. The molecule has 0 radical (unpaired) electrons. The molecule has 0 fully saturated rings. The lowest BCUT2D eigenvalue weighted by molar-refractivity contribution is -0.696. The van der Waals surface area contributed by atoms with Crippen LogP contribution in [0.1, 0.15) is 13.3 Å². The zero-order valence-electron chi connectivity index (χ0n) is 10.4. The normalized spacial score (nSPS) is 10.5. The Hall–Kier alpha value is -1.28. The Labute approximate surface area is 108 Å². The molecule has 0 amide bonds. The van der Waals surface area contributed by atoms with Crippen molar-refractivity contribution in [2.75, 3.05) is 6.26 Å². The molecule has 0 aliphatic rings. The highest BCUT2D eigenvalue weighted by Crippen LogP contribution is 2.23. The second-order valence-corrected chi connectivity index (χ2v) is 4.94. The van der Waals surface area contributed by atoms with Crippen molar-refractivity contribution in [1.82, 2.24) is 0 Å². The van der Waals surface area contributed by atoms with Crippen LogP contribution in [0.2, 0.25) is 0 Å². The van der Waals surface area contributed by atoms with Gasteiger partial charge in [-0.2, -0.15) is 0 Å². The summed E-state index contributed by atoms with van der Waals surface area (Å²) in [4.78, 5) is 1.31. The van der Waals surface area contributed by atoms with Gasteiger partial charge in [-0.25, -0.2) is 4.57 Å². The number of aryl methyl sites for hydroxylation is 1. The number of hydrogen-bond donors (Lipinski definition) is 0. The van der Waals surface area contributed by atoms with Crippen LogP contribution in [0.3, 0.4) is 0 Å². The molecule has 1 aromatic carbocycles. The van der Waals surface area contributed by atoms with Crippen molar-refractivity contribution in [3.8, 4) is 11.1 Å². The number of benzene rings is 1. The maximum Gasteiger partial charge on any atom is 0.169 e. The van der Waals surface area contributed by atoms with E-state index in [-0.39, 0.29) is 0 Å². The van der Waals surface area contributed by atoms with E-state index in [1.54, 1.807) is 11.8 Å². The van der Waals surface area contributed by atoms with Crippen LogP contribution < -0.4 is 4.57 Å². The fraction of sp³-hybridized carbons (Fsp3) is 0.267. The van der Waals surface area contributed by atoms with Crippen LogP contribution in [0.25, 0.3) is 11.1 Å². The summed E-state index contributed by atoms with van der Waals surface area (Å²) >= 11 is 1.78. The third kappa shape index (κ3) is 3.10. The van der Waals surface area contributed by atoms with Crippen molar-refractivity contribution in [1.29, 1.82) is 0 Å². The standard InChI is InChI=1S/C15H18NS/c1-3-9-16-10-7-13(8-11-16)14-5-4-6-15(12-14)17-2/h4-8,10-12H,3,9H2,1-2H3/q+1. The number of rotatable bonds is 4. The lowest BCUT2D eigenvalue weighted by atomic mass is 10.1. The fourth-order valence-corrected chi connectivity index (χ4v) is 2.32. The molecular weight excluding hydrogens is 226 g/mol. The van der Waals surface area contributed by atoms with Crippen molar-refractivity contribution < 1.29 is 4.57 Å². The van der Waals surface area contributed by atoms with E-state index in [0.29, 0.717) is 0 Å². The van der Waals surface area contributed by atoms with Gasteiger partial charge in [0.15, 0.2) is 12.4 Å². The highest BCUT2D eigenvalue weighted by Gasteiger charge is 2.02. The molecule has 1 nitrogen and oxygen atoms in total. The van der Waals surface area contributed by atoms with Crippen LogP contribution in [0.15, 0.2) is 53.7 Å². The van der Waals surface area contributed by atoms with Gasteiger partial charge in [0.2, 0.25) is 0 Å². The molecule has 0 bridgehead atoms. The molecule has 2 heteroatoms. The fourth-order valence-electron chi connectivity index (χ4n) is 1.86. The summed E-state index contributed by atoms with van der Waals surface area (Å²) in [6, 6.07) is 13.1. The van der Waals surface area contributed by atoms with Gasteiger partial charge >= 0.3 is 0 Å². The maximum absolute atomic E-state index is 2.24. The summed E-state index contributed by atoms with van der Waals surface area (Å²) in [5.41, 5.74) is 2.58. The molecular formula is C15H18NS+. The molecule has 0 spiro atoms. The number of aromatic nitrogens is 1. The van der Waals surface area contributed by atoms with E-state index in [4.69, 9.17) is 0 Å². The van der Waals surface area contributed by atoms with Crippen molar-refractivity contribution in [3.05, 3.63) is 48.8 Å². The molecule has 0 aliphatic carbocycles. The molecule has 1 heterocycles. The Balaban J connectivity index is 2.26. The van der Waals surface area contributed by atoms with E-state index in [1.165, 1.54) is 22.4 Å². The molecule has 0 unspecified atom stereocenters. The van der Waals surface area contributed by atoms with E-state index >= 15 is 0 Å². The summed E-state index contributed by atoms with van der Waals surface area (Å²) in [5, 5.41) is 0. The molecule has 0 saturated heterocycles. The summed E-state index contributed by atoms with van der Waals surface area (Å²) in [6.07, 6.45) is 7.60. The molecule has 0 aliphatic heterocycles. The monoisotopic (exact) mass is 244 g/mol. The molecule has 2 aromatic rings. The van der Waals surface area contributed by atoms with E-state index in [1.807, 2.05) is 0 Å². The highest BCUT2D eigenvalue weighted by atomic mass is 32.2. The SMILES string of the molecule is CCC[n+]1ccc(-c2cccc(SC)c2)cc1. The van der Waals surface area contributed by atoms with E-state index < -0.39 is 0 Å². The number of pyridine rings is 1. The Morgan fingerprint density at radius 3 is 2.47 bits per heavy atom. The van der Waals surface area contributed by atoms with Gasteiger partial charge in [0, 0.05) is 23.4 Å². The maximum atomic E-state index is 2.24. The zero-order chi connectivity index (χ0) is 12.1. The minimum absolute atomic E-state index is 1.09. The molecule has 88 valence electrons. The summed E-state index contributed by atoms with van der Waals surface area (Å²) in [7, 11) is 0. The lowest BCUT2D eigenvalue weighted by Gasteiger charge is -2.03. The first-order valence-electron chi connectivity index (χ1n) is 5.97. The second-order valence-electron chi connectivity index (χ2n) is 4.06. The third-order valence-electron chi connectivity index (χ3n) is 2.78. The van der Waals surface area contributed by atoms with E-state index in [9.17, 15) is 0 Å². The molecule has 17 heavy (non-hydrogen) atoms. The van der Waals surface area contributed by atoms with Crippen LogP contribution >= 0.6 is 11.8 Å². The summed E-state index contributed by atoms with van der Waals surface area (Å²) in [6.45, 7) is 3.29. The Kier molecular flexibility index (Phi) is 4.21. The van der Waals surface area contributed by atoms with Gasteiger partial charge in [-0.05, 0) is 29.5 Å². The Morgan fingerprint density at radius 2 is 1.82 bits per heavy atom. The largest absolute Gasteiger partial charge is 0.205 e. The number of thioether (sulfide) groups is 1. The molecule has 1 aromatic heterocycles. The van der Waals surface area contributed by atoms with Gasteiger partial charge in [0.1, 0.15) is 6.54 Å². The molecule has 0 atom stereocenters. The van der Waals surface area contributed by atoms with Gasteiger partial charge < -0.3 is 0 Å². The lowest BCUT2D eigenvalue weighted by Crippen LogP contribution is -2.31. The predicted molar refractivity (Wildman–Crippen MR) is 74.1 cm³/mol. The van der Waals surface area contributed by atoms with Crippen molar-refractivity contribution in [3.63, 3.8) is 0 Å². The first-order valence-corrected chi connectivity index (χ1v) is 7.19. The minimum Gasteiger partial charge on any atom is -0.205 e. The van der Waals surface area contributed by atoms with Gasteiger partial charge in [-0.1, -0.05) is 19.1 Å². The first-order chi connectivity index (χ1) is 8.33. The van der Waals surface area contributed by atoms with Crippen LogP contribution in [0.5, 0.6) is 0 Å². The average Bonchev–Trinajstić information content (AvgIpc) is 2.40. The van der Waals surface area contributed by atoms with E-state index in [2.05, 4.69) is 66.5 Å². The van der Waals surface area contributed by atoms with Gasteiger partial charge in [0.05, 0.1) is 0 Å². The number of nitrogens with zero attached hydrogens (tertiary/aromatic N) is 1. The summed E-state index contributed by atoms with van der Waals surface area (Å²) in [5.74, 6) is 0. The van der Waals surface area contributed by atoms with Crippen molar-refractivity contribution >= 4 is 11.8 Å². The predicted octanol–water partition coefficient (Wildman–Crippen LogP) is 3.77. The van der Waals surface area contributed by atoms with Gasteiger partial charge in [-0.15, -0.1) is 11.8 Å². The zero-order valence-corrected chi connectivity index (χ0v) is 11.2. The first kappa shape index (κ1) is 12.2. The van der Waals surface area contributed by atoms with Crippen LogP contribution in [0, 0.1) is 0 Å². The average molecular weight is 244 g/mol. The smallest absolute Gasteiger partial charge is 0.169 e. The van der Waals surface area contributed by atoms with Crippen molar-refractivity contribution in [2.24, 2.45) is 0 Å². The van der Waals surface area contributed by atoms with Crippen molar-refractivity contribution in [2.45, 2.75) is 24.8 Å². The number of hydrogen-bond acceptors (Lipinski definition) is 1. The van der Waals surface area contributed by atoms with Gasteiger partial charge in [0.25, 0.3) is 0 Å². The molecule has 2 rings (SSSR count). The van der Waals surface area contributed by atoms with Crippen LogP contribution in [0.4, 0.5) is 0 Å². The van der Waals surface area contributed by atoms with Gasteiger partial charge in [-0.3, -0.25) is 0 Å². The Bertz CT molecular complexity index is 477. The van der Waals surface area contributed by atoms with E-state index in [0.717, 1.165) is 6.54 Å². The topological polar surface area (TPSA) is 3.88 Å². The quantitative estimate of drug-likeness (QED) is 0.585. The third-order valence-corrected chi connectivity index (χ3v) is 3.50. The molecule has 0 saturated carbocycles. The van der Waals surface area contributed by atoms with Crippen LogP contribution in [-0.2, 0) is 6.54 Å². The molecule has 0 N–H and O–H groups in total. The van der Waals surface area contributed by atoms with Crippen LogP contribution in [-0.4, -0.2) is 6.26 Å².